The average Bonchev–Trinajstić information content (AvgIpc) is 3.37. The molecule has 1 aromatic carbocycles. The van der Waals surface area contributed by atoms with Gasteiger partial charge in [0.2, 0.25) is 18.5 Å². The topological polar surface area (TPSA) is 174 Å². The molecule has 0 saturated heterocycles. The SMILES string of the molecule is C[C@H](OC(=O)c1cccnc1SCC(=O)Nc1ccc2c(c1)OCO2)C(=O)c1c(N)n(C)c(=O)n(C)c1=O. The Morgan fingerprint density at radius 3 is 2.66 bits per heavy atom. The molecular formula is C24H23N5O8S. The van der Waals surface area contributed by atoms with Crippen molar-refractivity contribution in [3.63, 3.8) is 0 Å². The Kier molecular flexibility index (Phi) is 7.52. The fourth-order valence-electron chi connectivity index (χ4n) is 3.54. The lowest BCUT2D eigenvalue weighted by Crippen LogP contribution is -2.43. The van der Waals surface area contributed by atoms with Crippen LogP contribution >= 0.6 is 11.8 Å². The van der Waals surface area contributed by atoms with E-state index in [0.717, 1.165) is 20.9 Å². The molecule has 1 aliphatic rings. The number of anilines is 2. The zero-order chi connectivity index (χ0) is 27.6. The van der Waals surface area contributed by atoms with Crippen molar-refractivity contribution >= 4 is 40.9 Å². The quantitative estimate of drug-likeness (QED) is 0.236. The maximum Gasteiger partial charge on any atom is 0.341 e. The number of carbonyl (C=O) groups is 3. The van der Waals surface area contributed by atoms with Gasteiger partial charge in [0.1, 0.15) is 16.4 Å². The summed E-state index contributed by atoms with van der Waals surface area (Å²) in [4.78, 5) is 67.0. The number of ether oxygens (including phenoxy) is 3. The van der Waals surface area contributed by atoms with Gasteiger partial charge < -0.3 is 25.3 Å². The van der Waals surface area contributed by atoms with E-state index in [2.05, 4.69) is 10.3 Å². The zero-order valence-corrected chi connectivity index (χ0v) is 21.4. The van der Waals surface area contributed by atoms with Gasteiger partial charge in [-0.3, -0.25) is 23.5 Å². The number of amides is 1. The molecule has 0 aliphatic carbocycles. The lowest BCUT2D eigenvalue weighted by Gasteiger charge is -2.16. The van der Waals surface area contributed by atoms with Gasteiger partial charge >= 0.3 is 11.7 Å². The lowest BCUT2D eigenvalue weighted by molar-refractivity contribution is -0.113. The van der Waals surface area contributed by atoms with E-state index >= 15 is 0 Å². The Morgan fingerprint density at radius 2 is 1.89 bits per heavy atom. The number of nitrogens with one attached hydrogen (secondary N) is 1. The fourth-order valence-corrected chi connectivity index (χ4v) is 4.32. The summed E-state index contributed by atoms with van der Waals surface area (Å²) in [6, 6.07) is 7.92. The first-order valence-electron chi connectivity index (χ1n) is 11.2. The number of esters is 1. The number of carbonyl (C=O) groups excluding carboxylic acids is 3. The molecule has 0 spiro atoms. The van der Waals surface area contributed by atoms with Crippen LogP contribution in [0, 0.1) is 0 Å². The van der Waals surface area contributed by atoms with Gasteiger partial charge in [0.15, 0.2) is 17.6 Å². The highest BCUT2D eigenvalue weighted by Gasteiger charge is 2.28. The normalized spacial score (nSPS) is 12.6. The Hall–Kier alpha value is -4.59. The van der Waals surface area contributed by atoms with E-state index in [-0.39, 0.29) is 34.9 Å². The molecule has 198 valence electrons. The third-order valence-corrected chi connectivity index (χ3v) is 6.60. The smallest absolute Gasteiger partial charge is 0.341 e. The average molecular weight is 542 g/mol. The summed E-state index contributed by atoms with van der Waals surface area (Å²) in [5.74, 6) is -1.43. The molecule has 0 fully saturated rings. The van der Waals surface area contributed by atoms with E-state index in [1.54, 1.807) is 18.2 Å². The van der Waals surface area contributed by atoms with Crippen molar-refractivity contribution < 1.29 is 28.6 Å². The second kappa shape index (κ2) is 10.8. The van der Waals surface area contributed by atoms with E-state index in [1.807, 2.05) is 0 Å². The number of ketones is 1. The second-order valence-corrected chi connectivity index (χ2v) is 9.10. The number of rotatable bonds is 8. The highest BCUT2D eigenvalue weighted by Crippen LogP contribution is 2.34. The van der Waals surface area contributed by atoms with Crippen LogP contribution in [-0.4, -0.2) is 50.4 Å². The number of nitrogens with zero attached hydrogens (tertiary/aromatic N) is 3. The van der Waals surface area contributed by atoms with Crippen molar-refractivity contribution in [1.29, 1.82) is 0 Å². The van der Waals surface area contributed by atoms with Crippen molar-refractivity contribution in [1.82, 2.24) is 14.1 Å². The standard InChI is InChI=1S/C24H23N5O8S/c1-12(19(31)18-20(25)28(2)24(34)29(3)22(18)32)37-23(33)14-5-4-8-26-21(14)38-10-17(30)27-13-6-7-15-16(9-13)36-11-35-15/h4-9,12H,10-11,25H2,1-3H3,(H,27,30)/t12-/m0/s1. The number of aromatic nitrogens is 3. The first-order chi connectivity index (χ1) is 18.1. The number of thioether (sulfide) groups is 1. The van der Waals surface area contributed by atoms with Gasteiger partial charge in [-0.1, -0.05) is 11.8 Å². The number of fused-ring (bicyclic) bond motifs is 1. The van der Waals surface area contributed by atoms with Crippen LogP contribution in [0.15, 0.2) is 51.1 Å². The Bertz CT molecular complexity index is 1560. The molecule has 4 rings (SSSR count). The summed E-state index contributed by atoms with van der Waals surface area (Å²) >= 11 is 0.994. The van der Waals surface area contributed by atoms with Gasteiger partial charge in [0.25, 0.3) is 5.56 Å². The predicted octanol–water partition coefficient (Wildman–Crippen LogP) is 0.949. The van der Waals surface area contributed by atoms with Gasteiger partial charge in [0.05, 0.1) is 11.3 Å². The number of hydrogen-bond acceptors (Lipinski definition) is 11. The molecule has 0 radical (unpaired) electrons. The van der Waals surface area contributed by atoms with Crippen LogP contribution in [0.25, 0.3) is 0 Å². The first kappa shape index (κ1) is 26.5. The Morgan fingerprint density at radius 1 is 1.16 bits per heavy atom. The number of nitrogen functional groups attached to an aromatic ring is 1. The summed E-state index contributed by atoms with van der Waals surface area (Å²) in [5, 5.41) is 2.93. The van der Waals surface area contributed by atoms with Crippen LogP contribution in [0.5, 0.6) is 11.5 Å². The van der Waals surface area contributed by atoms with Crippen LogP contribution in [0.2, 0.25) is 0 Å². The number of Topliss-reactive ketones (excluding diaryl/α,β-unsaturated/α-hetero) is 1. The molecule has 3 aromatic rings. The molecule has 0 saturated carbocycles. The summed E-state index contributed by atoms with van der Waals surface area (Å²) in [6.07, 6.45) is 0.0422. The molecule has 1 atom stereocenters. The van der Waals surface area contributed by atoms with Crippen LogP contribution in [0.3, 0.4) is 0 Å². The molecular weight excluding hydrogens is 518 g/mol. The molecule has 38 heavy (non-hydrogen) atoms. The first-order valence-corrected chi connectivity index (χ1v) is 12.1. The van der Waals surface area contributed by atoms with E-state index in [9.17, 15) is 24.0 Å². The molecule has 3 heterocycles. The molecule has 0 unspecified atom stereocenters. The van der Waals surface area contributed by atoms with Crippen molar-refractivity contribution in [2.45, 2.75) is 18.1 Å². The van der Waals surface area contributed by atoms with Gasteiger partial charge in [-0.2, -0.15) is 0 Å². The number of benzene rings is 1. The van der Waals surface area contributed by atoms with Gasteiger partial charge in [0, 0.05) is 32.0 Å². The molecule has 2 aromatic heterocycles. The molecule has 14 heteroatoms. The van der Waals surface area contributed by atoms with Gasteiger partial charge in [-0.15, -0.1) is 0 Å². The van der Waals surface area contributed by atoms with E-state index in [0.29, 0.717) is 17.2 Å². The zero-order valence-electron chi connectivity index (χ0n) is 20.5. The summed E-state index contributed by atoms with van der Waals surface area (Å²) in [5.41, 5.74) is 4.30. The molecule has 3 N–H and O–H groups in total. The Labute approximate surface area is 219 Å². The highest BCUT2D eigenvalue weighted by molar-refractivity contribution is 8.00. The van der Waals surface area contributed by atoms with Crippen LogP contribution in [0.1, 0.15) is 27.6 Å². The van der Waals surface area contributed by atoms with Crippen molar-refractivity contribution in [3.05, 3.63) is 68.5 Å². The van der Waals surface area contributed by atoms with Gasteiger partial charge in [-0.05, 0) is 31.2 Å². The summed E-state index contributed by atoms with van der Waals surface area (Å²) in [6.45, 7) is 1.40. The monoisotopic (exact) mass is 541 g/mol. The third kappa shape index (κ3) is 5.25. The van der Waals surface area contributed by atoms with E-state index < -0.39 is 34.7 Å². The minimum atomic E-state index is -1.40. The fraction of sp³-hybridized carbons (Fsp3) is 0.250. The largest absolute Gasteiger partial charge is 0.454 e. The Balaban J connectivity index is 1.43. The second-order valence-electron chi connectivity index (χ2n) is 8.14. The summed E-state index contributed by atoms with van der Waals surface area (Å²) in [7, 11) is 2.52. The van der Waals surface area contributed by atoms with Crippen LogP contribution in [0.4, 0.5) is 11.5 Å². The summed E-state index contributed by atoms with van der Waals surface area (Å²) < 4.78 is 17.5. The van der Waals surface area contributed by atoms with Crippen LogP contribution in [-0.2, 0) is 23.6 Å². The molecule has 1 aliphatic heterocycles. The minimum absolute atomic E-state index is 0.0226. The van der Waals surface area contributed by atoms with Crippen LogP contribution < -0.4 is 31.8 Å². The van der Waals surface area contributed by atoms with Gasteiger partial charge in [-0.25, -0.2) is 14.6 Å². The molecule has 1 amide bonds. The lowest BCUT2D eigenvalue weighted by atomic mass is 10.1. The minimum Gasteiger partial charge on any atom is -0.454 e. The van der Waals surface area contributed by atoms with Crippen molar-refractivity contribution in [2.75, 3.05) is 23.6 Å². The van der Waals surface area contributed by atoms with Crippen molar-refractivity contribution in [3.8, 4) is 11.5 Å². The maximum absolute atomic E-state index is 12.9. The highest BCUT2D eigenvalue weighted by atomic mass is 32.2. The molecule has 0 bridgehead atoms. The van der Waals surface area contributed by atoms with Crippen molar-refractivity contribution in [2.24, 2.45) is 14.1 Å². The predicted molar refractivity (Wildman–Crippen MR) is 137 cm³/mol. The molecule has 13 nitrogen and oxygen atoms in total. The van der Waals surface area contributed by atoms with E-state index in [1.165, 1.54) is 39.3 Å². The number of hydrogen-bond donors (Lipinski definition) is 2. The number of pyridine rings is 1. The maximum atomic E-state index is 12.9. The number of nitrogens with two attached hydrogens (primary N) is 1. The van der Waals surface area contributed by atoms with E-state index in [4.69, 9.17) is 19.9 Å². The third-order valence-electron chi connectivity index (χ3n) is 5.60.